The van der Waals surface area contributed by atoms with E-state index in [2.05, 4.69) is 15.9 Å². The van der Waals surface area contributed by atoms with E-state index in [1.165, 1.54) is 0 Å². The maximum Gasteiger partial charge on any atom is 0.229 e. The smallest absolute Gasteiger partial charge is 0.229 e. The highest BCUT2D eigenvalue weighted by molar-refractivity contribution is 9.10. The van der Waals surface area contributed by atoms with Crippen molar-refractivity contribution < 1.29 is 14.3 Å². The van der Waals surface area contributed by atoms with Crippen LogP contribution in [-0.4, -0.2) is 24.5 Å². The molecule has 2 bridgehead atoms. The van der Waals surface area contributed by atoms with E-state index in [0.717, 1.165) is 48.6 Å². The predicted molar refractivity (Wildman–Crippen MR) is 108 cm³/mol. The maximum atomic E-state index is 13.4. The summed E-state index contributed by atoms with van der Waals surface area (Å²) in [5.74, 6) is -0.575. The zero-order valence-electron chi connectivity index (χ0n) is 16.0. The molecule has 4 fully saturated rings. The molecule has 5 nitrogen and oxygen atoms in total. The monoisotopic (exact) mass is 446 g/mol. The lowest BCUT2D eigenvalue weighted by atomic mass is 9.50. The first-order valence-electron chi connectivity index (χ1n) is 10.4. The minimum Gasteiger partial charge on any atom is -0.378 e. The van der Waals surface area contributed by atoms with E-state index < -0.39 is 16.7 Å². The number of hydrogen-bond donors (Lipinski definition) is 2. The Morgan fingerprint density at radius 1 is 1.04 bits per heavy atom. The molecule has 5 atom stereocenters. The molecule has 6 heteroatoms. The van der Waals surface area contributed by atoms with Crippen molar-refractivity contribution in [3.63, 3.8) is 0 Å². The van der Waals surface area contributed by atoms with E-state index in [1.54, 1.807) is 0 Å². The number of carbonyl (C=O) groups excluding carboxylic acids is 2. The summed E-state index contributed by atoms with van der Waals surface area (Å²) in [6, 6.07) is 7.78. The van der Waals surface area contributed by atoms with Gasteiger partial charge in [-0.1, -0.05) is 28.1 Å². The fourth-order valence-electron chi connectivity index (χ4n) is 7.60. The quantitative estimate of drug-likeness (QED) is 0.727. The van der Waals surface area contributed by atoms with Gasteiger partial charge in [0.25, 0.3) is 0 Å². The first kappa shape index (κ1) is 18.6. The van der Waals surface area contributed by atoms with E-state index in [4.69, 9.17) is 16.2 Å². The number of amides is 2. The Morgan fingerprint density at radius 3 is 2.25 bits per heavy atom. The van der Waals surface area contributed by atoms with Crippen LogP contribution in [0.1, 0.15) is 50.5 Å². The molecule has 1 aliphatic heterocycles. The van der Waals surface area contributed by atoms with Crippen LogP contribution in [0.4, 0.5) is 0 Å². The summed E-state index contributed by atoms with van der Waals surface area (Å²) in [6.45, 7) is 0.709. The molecule has 1 saturated heterocycles. The Bertz CT molecular complexity index is 831. The number of ether oxygens (including phenoxy) is 1. The van der Waals surface area contributed by atoms with Gasteiger partial charge in [-0.15, -0.1) is 0 Å². The third kappa shape index (κ3) is 2.06. The first-order valence-corrected chi connectivity index (χ1v) is 11.2. The summed E-state index contributed by atoms with van der Waals surface area (Å²) in [5.41, 5.74) is 11.3. The molecule has 3 saturated carbocycles. The molecule has 4 N–H and O–H groups in total. The minimum absolute atomic E-state index is 0.0307. The number of halogens is 1. The molecule has 1 unspecified atom stereocenters. The van der Waals surface area contributed by atoms with Gasteiger partial charge in [0, 0.05) is 11.1 Å². The molecule has 3 aliphatic carbocycles. The highest BCUT2D eigenvalue weighted by atomic mass is 79.9. The van der Waals surface area contributed by atoms with E-state index in [-0.39, 0.29) is 29.3 Å². The van der Waals surface area contributed by atoms with Crippen LogP contribution in [0, 0.1) is 22.7 Å². The lowest BCUT2D eigenvalue weighted by Gasteiger charge is -2.50. The summed E-state index contributed by atoms with van der Waals surface area (Å²) in [4.78, 5) is 26.7. The molecule has 1 spiro atoms. The van der Waals surface area contributed by atoms with Crippen LogP contribution in [0.25, 0.3) is 0 Å². The van der Waals surface area contributed by atoms with Gasteiger partial charge in [0.05, 0.1) is 16.9 Å². The van der Waals surface area contributed by atoms with Crippen molar-refractivity contribution >= 4 is 27.7 Å². The summed E-state index contributed by atoms with van der Waals surface area (Å²) in [7, 11) is 0. The normalized spacial score (nSPS) is 40.1. The van der Waals surface area contributed by atoms with Crippen molar-refractivity contribution in [3.8, 4) is 0 Å². The molecular weight excluding hydrogens is 420 g/mol. The van der Waals surface area contributed by atoms with Crippen LogP contribution < -0.4 is 11.5 Å². The fraction of sp³-hybridized carbons (Fsp3) is 0.636. The first-order chi connectivity index (χ1) is 13.4. The Balaban J connectivity index is 1.76. The van der Waals surface area contributed by atoms with Gasteiger partial charge in [-0.05, 0) is 79.9 Å². The van der Waals surface area contributed by atoms with Crippen molar-refractivity contribution in [1.82, 2.24) is 0 Å². The van der Waals surface area contributed by atoms with Gasteiger partial charge < -0.3 is 16.2 Å². The van der Waals surface area contributed by atoms with Gasteiger partial charge in [0.1, 0.15) is 0 Å². The van der Waals surface area contributed by atoms with Crippen molar-refractivity contribution in [2.45, 2.75) is 56.5 Å². The molecule has 0 radical (unpaired) electrons. The van der Waals surface area contributed by atoms with Gasteiger partial charge in [0.15, 0.2) is 0 Å². The number of carbonyl (C=O) groups is 2. The largest absolute Gasteiger partial charge is 0.378 e. The maximum absolute atomic E-state index is 13.4. The number of nitrogens with two attached hydrogens (primary N) is 2. The van der Waals surface area contributed by atoms with E-state index in [0.29, 0.717) is 13.0 Å². The second-order valence-corrected chi connectivity index (χ2v) is 10.2. The van der Waals surface area contributed by atoms with Gasteiger partial charge >= 0.3 is 0 Å². The third-order valence-electron chi connectivity index (χ3n) is 8.48. The summed E-state index contributed by atoms with van der Waals surface area (Å²) >= 11 is 3.49. The van der Waals surface area contributed by atoms with E-state index in [1.807, 2.05) is 24.3 Å². The molecule has 1 heterocycles. The number of hydrogen-bond acceptors (Lipinski definition) is 3. The van der Waals surface area contributed by atoms with Crippen molar-refractivity contribution in [2.24, 2.45) is 34.1 Å². The molecule has 5 rings (SSSR count). The Labute approximate surface area is 173 Å². The van der Waals surface area contributed by atoms with Crippen LogP contribution >= 0.6 is 15.9 Å². The molecule has 150 valence electrons. The van der Waals surface area contributed by atoms with E-state index in [9.17, 15) is 9.59 Å². The standard InChI is InChI=1S/C22H27BrN2O3/c23-14-5-3-13(4-6-14)22(19(25)27)17-8-7-16(20(17)9-10-20)21(22,18(24)26)12-15-2-1-11-28-15/h3-6,15-17H,1-2,7-12H2,(H2,24,26)(H2,25,27)/t15?,16-,17+,21+,22-/m1/s1. The molecule has 1 aromatic carbocycles. The predicted octanol–water partition coefficient (Wildman–Crippen LogP) is 3.03. The van der Waals surface area contributed by atoms with Crippen molar-refractivity contribution in [3.05, 3.63) is 34.3 Å². The highest BCUT2D eigenvalue weighted by Gasteiger charge is 2.84. The molecule has 28 heavy (non-hydrogen) atoms. The van der Waals surface area contributed by atoms with Gasteiger partial charge in [-0.3, -0.25) is 9.59 Å². The zero-order chi connectivity index (χ0) is 19.7. The molecule has 0 aromatic heterocycles. The Morgan fingerprint density at radius 2 is 1.71 bits per heavy atom. The van der Waals surface area contributed by atoms with Gasteiger partial charge in [-0.2, -0.15) is 0 Å². The van der Waals surface area contributed by atoms with Crippen LogP contribution in [0.2, 0.25) is 0 Å². The van der Waals surface area contributed by atoms with Gasteiger partial charge in [0.2, 0.25) is 11.8 Å². The number of primary amides is 2. The summed E-state index contributed by atoms with van der Waals surface area (Å²) in [6.07, 6.45) is 6.38. The average Bonchev–Trinajstić information content (AvgIpc) is 3.03. The minimum atomic E-state index is -1.05. The van der Waals surface area contributed by atoms with Crippen LogP contribution in [-0.2, 0) is 19.7 Å². The number of benzene rings is 1. The van der Waals surface area contributed by atoms with Gasteiger partial charge in [-0.25, -0.2) is 0 Å². The lowest BCUT2D eigenvalue weighted by molar-refractivity contribution is -0.150. The molecular formula is C22H27BrN2O3. The van der Waals surface area contributed by atoms with E-state index >= 15 is 0 Å². The van der Waals surface area contributed by atoms with Crippen LogP contribution in [0.15, 0.2) is 28.7 Å². The second kappa shape index (κ2) is 6.05. The van der Waals surface area contributed by atoms with Crippen molar-refractivity contribution in [2.75, 3.05) is 6.61 Å². The lowest BCUT2D eigenvalue weighted by Crippen LogP contribution is -2.63. The Hall–Kier alpha value is -1.40. The SMILES string of the molecule is NC(=O)[C@]1(CC2CCCO2)[C@@H]2CC[C@@H](C23CC3)[C@@]1(C(N)=O)c1ccc(Br)cc1. The average molecular weight is 447 g/mol. The summed E-state index contributed by atoms with van der Waals surface area (Å²) in [5, 5.41) is 0. The molecule has 2 amide bonds. The second-order valence-electron chi connectivity index (χ2n) is 9.27. The summed E-state index contributed by atoms with van der Waals surface area (Å²) < 4.78 is 6.88. The van der Waals surface area contributed by atoms with Crippen molar-refractivity contribution in [1.29, 1.82) is 0 Å². The zero-order valence-corrected chi connectivity index (χ0v) is 17.5. The molecule has 1 aromatic rings. The third-order valence-corrected chi connectivity index (χ3v) is 9.01. The fourth-order valence-corrected chi connectivity index (χ4v) is 7.87. The Kier molecular flexibility index (Phi) is 4.02. The van der Waals surface area contributed by atoms with Crippen LogP contribution in [0.5, 0.6) is 0 Å². The molecule has 4 aliphatic rings. The highest BCUT2D eigenvalue weighted by Crippen LogP contribution is 2.83. The van der Waals surface area contributed by atoms with Crippen LogP contribution in [0.3, 0.4) is 0 Å². The number of rotatable bonds is 5. The topological polar surface area (TPSA) is 95.4 Å².